The van der Waals surface area contributed by atoms with Crippen LogP contribution in [-0.2, 0) is 6.42 Å². The lowest BCUT2D eigenvalue weighted by Gasteiger charge is -2.02. The van der Waals surface area contributed by atoms with Crippen LogP contribution in [0.15, 0.2) is 47.4 Å². The first-order chi connectivity index (χ1) is 11.2. The molecule has 0 unspecified atom stereocenters. The van der Waals surface area contributed by atoms with E-state index < -0.39 is 0 Å². The molecule has 0 fully saturated rings. The van der Waals surface area contributed by atoms with Crippen LogP contribution in [0.25, 0.3) is 11.6 Å². The van der Waals surface area contributed by atoms with Crippen LogP contribution in [0.3, 0.4) is 0 Å². The predicted molar refractivity (Wildman–Crippen MR) is 77.7 cm³/mol. The predicted octanol–water partition coefficient (Wildman–Crippen LogP) is 0.728. The number of halogens is 1. The van der Waals surface area contributed by atoms with Crippen molar-refractivity contribution >= 4 is 5.65 Å². The van der Waals surface area contributed by atoms with Gasteiger partial charge in [0, 0.05) is 6.20 Å². The summed E-state index contributed by atoms with van der Waals surface area (Å²) in [4.78, 5) is 12.4. The Morgan fingerprint density at radius 1 is 1.09 bits per heavy atom. The van der Waals surface area contributed by atoms with Crippen molar-refractivity contribution < 1.29 is 4.39 Å². The van der Waals surface area contributed by atoms with Crippen LogP contribution >= 0.6 is 0 Å². The number of aromatic amines is 1. The van der Waals surface area contributed by atoms with Gasteiger partial charge in [0.25, 0.3) is 5.95 Å². The normalized spacial score (nSPS) is 11.2. The summed E-state index contributed by atoms with van der Waals surface area (Å²) >= 11 is 0. The second kappa shape index (κ2) is 5.13. The monoisotopic (exact) mass is 311 g/mol. The molecule has 0 aliphatic rings. The third-order valence-corrected chi connectivity index (χ3v) is 3.43. The fraction of sp³-hybridized carbons (Fsp3) is 0.0714. The molecule has 114 valence electrons. The highest BCUT2D eigenvalue weighted by Crippen LogP contribution is 2.11. The van der Waals surface area contributed by atoms with E-state index in [4.69, 9.17) is 0 Å². The molecule has 8 nitrogen and oxygen atoms in total. The van der Waals surface area contributed by atoms with Crippen LogP contribution in [0.2, 0.25) is 0 Å². The second-order valence-electron chi connectivity index (χ2n) is 4.99. The van der Waals surface area contributed by atoms with Crippen molar-refractivity contribution in [2.75, 3.05) is 0 Å². The maximum Gasteiger partial charge on any atom is 0.357 e. The first kappa shape index (κ1) is 13.3. The molecule has 3 heterocycles. The van der Waals surface area contributed by atoms with Crippen LogP contribution in [0.1, 0.15) is 11.1 Å². The average Bonchev–Trinajstić information content (AvgIpc) is 3.18. The number of hydrogen-bond acceptors (Lipinski definition) is 5. The van der Waals surface area contributed by atoms with Crippen molar-refractivity contribution in [3.63, 3.8) is 0 Å². The van der Waals surface area contributed by atoms with Crippen LogP contribution < -0.4 is 5.69 Å². The number of fused-ring (bicyclic) bond motifs is 1. The molecule has 0 bridgehead atoms. The van der Waals surface area contributed by atoms with Crippen molar-refractivity contribution in [1.82, 2.24) is 34.8 Å². The summed E-state index contributed by atoms with van der Waals surface area (Å²) in [5.74, 6) is -0.124. The van der Waals surface area contributed by atoms with E-state index in [1.54, 1.807) is 24.4 Å². The van der Waals surface area contributed by atoms with Crippen LogP contribution in [-0.4, -0.2) is 34.8 Å². The van der Waals surface area contributed by atoms with Gasteiger partial charge < -0.3 is 0 Å². The number of hydrogen-bond donors (Lipinski definition) is 1. The molecule has 4 rings (SSSR count). The second-order valence-corrected chi connectivity index (χ2v) is 4.99. The van der Waals surface area contributed by atoms with Crippen LogP contribution in [0, 0.1) is 5.82 Å². The number of nitrogens with zero attached hydrogens (tertiary/aromatic N) is 6. The summed E-state index contributed by atoms with van der Waals surface area (Å²) in [5, 5.41) is 17.2. The number of tetrazole rings is 1. The molecular weight excluding hydrogens is 301 g/mol. The molecule has 1 aromatic carbocycles. The summed E-state index contributed by atoms with van der Waals surface area (Å²) in [7, 11) is 0. The quantitative estimate of drug-likeness (QED) is 0.602. The summed E-state index contributed by atoms with van der Waals surface area (Å²) < 4.78 is 15.5. The molecule has 0 saturated carbocycles. The van der Waals surface area contributed by atoms with Crippen molar-refractivity contribution in [1.29, 1.82) is 0 Å². The maximum absolute atomic E-state index is 12.9. The summed E-state index contributed by atoms with van der Waals surface area (Å²) in [6.45, 7) is 0. The van der Waals surface area contributed by atoms with E-state index in [-0.39, 0.29) is 17.5 Å². The van der Waals surface area contributed by atoms with Gasteiger partial charge in [-0.25, -0.2) is 18.7 Å². The third-order valence-electron chi connectivity index (χ3n) is 3.43. The van der Waals surface area contributed by atoms with E-state index in [1.807, 2.05) is 6.07 Å². The van der Waals surface area contributed by atoms with Gasteiger partial charge in [0.15, 0.2) is 5.65 Å². The van der Waals surface area contributed by atoms with E-state index in [1.165, 1.54) is 16.5 Å². The van der Waals surface area contributed by atoms with Gasteiger partial charge in [-0.3, -0.25) is 0 Å². The van der Waals surface area contributed by atoms with Gasteiger partial charge >= 0.3 is 5.69 Å². The lowest BCUT2D eigenvalue weighted by molar-refractivity contribution is 0.627. The number of aromatic nitrogens is 7. The van der Waals surface area contributed by atoms with Gasteiger partial charge in [0.05, 0.1) is 0 Å². The molecule has 0 aliphatic carbocycles. The Bertz CT molecular complexity index is 1020. The molecule has 0 atom stereocenters. The maximum atomic E-state index is 12.9. The minimum Gasteiger partial charge on any atom is -0.250 e. The topological polar surface area (TPSA) is 93.8 Å². The number of pyridine rings is 1. The first-order valence-corrected chi connectivity index (χ1v) is 6.79. The lowest BCUT2D eigenvalue weighted by Crippen LogP contribution is -2.20. The highest BCUT2D eigenvalue weighted by Gasteiger charge is 2.11. The third kappa shape index (κ3) is 2.37. The zero-order valence-corrected chi connectivity index (χ0v) is 11.7. The number of benzene rings is 1. The fourth-order valence-electron chi connectivity index (χ4n) is 2.34. The Labute approximate surface area is 128 Å². The van der Waals surface area contributed by atoms with E-state index in [0.29, 0.717) is 12.1 Å². The zero-order chi connectivity index (χ0) is 15.8. The number of nitrogens with one attached hydrogen (secondary N) is 1. The standard InChI is InChI=1S/C14H10FN7O/c15-11-4-1-9(2-5-11)7-10-3-6-12-18-22(13-16-19-20-17-13)14(23)21(12)8-10/h1-6,8H,7H2,(H,16,17,19,20). The molecule has 9 heteroatoms. The fourth-order valence-corrected chi connectivity index (χ4v) is 2.34. The first-order valence-electron chi connectivity index (χ1n) is 6.79. The van der Waals surface area contributed by atoms with Crippen molar-refractivity contribution in [3.05, 3.63) is 70.0 Å². The minimum absolute atomic E-state index is 0.152. The summed E-state index contributed by atoms with van der Waals surface area (Å²) in [6.07, 6.45) is 2.28. The SMILES string of the molecule is O=c1n(-c2nnn[nH]2)nc2ccc(Cc3ccc(F)cc3)cn12. The van der Waals surface area contributed by atoms with Crippen molar-refractivity contribution in [2.45, 2.75) is 6.42 Å². The average molecular weight is 311 g/mol. The molecule has 0 amide bonds. The van der Waals surface area contributed by atoms with Gasteiger partial charge in [-0.05, 0) is 46.2 Å². The highest BCUT2D eigenvalue weighted by molar-refractivity contribution is 5.40. The van der Waals surface area contributed by atoms with Gasteiger partial charge in [0.1, 0.15) is 5.82 Å². The van der Waals surface area contributed by atoms with Crippen molar-refractivity contribution in [3.8, 4) is 5.95 Å². The van der Waals surface area contributed by atoms with Crippen LogP contribution in [0.5, 0.6) is 0 Å². The van der Waals surface area contributed by atoms with Gasteiger partial charge in [-0.15, -0.1) is 9.78 Å². The molecule has 1 N–H and O–H groups in total. The Hall–Kier alpha value is -3.36. The van der Waals surface area contributed by atoms with Gasteiger partial charge in [-0.2, -0.15) is 0 Å². The van der Waals surface area contributed by atoms with Crippen molar-refractivity contribution in [2.24, 2.45) is 0 Å². The molecule has 23 heavy (non-hydrogen) atoms. The molecule has 0 spiro atoms. The Morgan fingerprint density at radius 2 is 1.87 bits per heavy atom. The zero-order valence-electron chi connectivity index (χ0n) is 11.7. The Balaban J connectivity index is 1.74. The molecule has 0 saturated heterocycles. The number of rotatable bonds is 3. The largest absolute Gasteiger partial charge is 0.357 e. The van der Waals surface area contributed by atoms with E-state index >= 15 is 0 Å². The summed E-state index contributed by atoms with van der Waals surface area (Å²) in [5.41, 5.74) is 1.96. The van der Waals surface area contributed by atoms with Gasteiger partial charge in [0.2, 0.25) is 0 Å². The smallest absolute Gasteiger partial charge is 0.250 e. The molecule has 4 aromatic rings. The molecule has 0 radical (unpaired) electrons. The summed E-state index contributed by atoms with van der Waals surface area (Å²) in [6, 6.07) is 9.86. The van der Waals surface area contributed by atoms with E-state index in [0.717, 1.165) is 15.8 Å². The Kier molecular flexibility index (Phi) is 2.97. The van der Waals surface area contributed by atoms with Crippen LogP contribution in [0.4, 0.5) is 4.39 Å². The van der Waals surface area contributed by atoms with E-state index in [2.05, 4.69) is 25.7 Å². The number of H-pyrrole nitrogens is 1. The lowest BCUT2D eigenvalue weighted by atomic mass is 10.1. The molecule has 3 aromatic heterocycles. The van der Waals surface area contributed by atoms with Gasteiger partial charge in [-0.1, -0.05) is 23.3 Å². The van der Waals surface area contributed by atoms with E-state index in [9.17, 15) is 9.18 Å². The Morgan fingerprint density at radius 3 is 2.61 bits per heavy atom. The highest BCUT2D eigenvalue weighted by atomic mass is 19.1. The minimum atomic E-state index is -0.375. The molecular formula is C14H10FN7O. The molecule has 0 aliphatic heterocycles.